The summed E-state index contributed by atoms with van der Waals surface area (Å²) < 4.78 is 0. The van der Waals surface area contributed by atoms with Gasteiger partial charge in [0.25, 0.3) is 0 Å². The van der Waals surface area contributed by atoms with Crippen molar-refractivity contribution in [2.75, 3.05) is 0 Å². The van der Waals surface area contributed by atoms with Gasteiger partial charge in [-0.1, -0.05) is 23.2 Å². The number of thiazole rings is 1. The van der Waals surface area contributed by atoms with E-state index in [1.807, 2.05) is 0 Å². The summed E-state index contributed by atoms with van der Waals surface area (Å²) in [6.45, 7) is 0. The van der Waals surface area contributed by atoms with Gasteiger partial charge in [-0.3, -0.25) is 4.98 Å². The Hall–Kier alpha value is 0.500. The standard InChI is InChI=1S/C4H3Cl2NS.ClH/c5-4(6)3-1-7-2-8-3;/h1-2,4H;1H. The van der Waals surface area contributed by atoms with Crippen LogP contribution in [0.5, 0.6) is 0 Å². The number of rotatable bonds is 1. The van der Waals surface area contributed by atoms with Crippen LogP contribution in [0.25, 0.3) is 0 Å². The van der Waals surface area contributed by atoms with E-state index in [2.05, 4.69) is 4.98 Å². The van der Waals surface area contributed by atoms with Gasteiger partial charge < -0.3 is 0 Å². The van der Waals surface area contributed by atoms with Crippen molar-refractivity contribution in [1.82, 2.24) is 4.98 Å². The lowest BCUT2D eigenvalue weighted by Crippen LogP contribution is -1.68. The topological polar surface area (TPSA) is 12.9 Å². The van der Waals surface area contributed by atoms with E-state index >= 15 is 0 Å². The second-order valence-corrected chi connectivity index (χ2v) is 3.22. The van der Waals surface area contributed by atoms with Gasteiger partial charge in [0.15, 0.2) is 0 Å². The van der Waals surface area contributed by atoms with Gasteiger partial charge in [-0.05, 0) is 0 Å². The summed E-state index contributed by atoms with van der Waals surface area (Å²) in [5.41, 5.74) is 1.70. The van der Waals surface area contributed by atoms with E-state index in [-0.39, 0.29) is 12.4 Å². The summed E-state index contributed by atoms with van der Waals surface area (Å²) in [6.07, 6.45) is 1.66. The molecule has 0 aliphatic rings. The molecular formula is C4H4Cl3NS. The van der Waals surface area contributed by atoms with E-state index in [9.17, 15) is 0 Å². The highest BCUT2D eigenvalue weighted by Gasteiger charge is 2.02. The molecule has 0 aliphatic heterocycles. The average Bonchev–Trinajstić information content (AvgIpc) is 2.12. The predicted octanol–water partition coefficient (Wildman–Crippen LogP) is 3.04. The van der Waals surface area contributed by atoms with Crippen molar-refractivity contribution in [3.63, 3.8) is 0 Å². The van der Waals surface area contributed by atoms with Crippen LogP contribution < -0.4 is 0 Å². The maximum absolute atomic E-state index is 5.48. The summed E-state index contributed by atoms with van der Waals surface area (Å²) in [4.78, 5) is 4.28. The first-order valence-corrected chi connectivity index (χ1v) is 3.72. The Morgan fingerprint density at radius 2 is 2.22 bits per heavy atom. The zero-order chi connectivity index (χ0) is 5.98. The Labute approximate surface area is 73.4 Å². The monoisotopic (exact) mass is 203 g/mol. The van der Waals surface area contributed by atoms with Crippen molar-refractivity contribution >= 4 is 46.9 Å². The van der Waals surface area contributed by atoms with E-state index in [4.69, 9.17) is 23.2 Å². The SMILES string of the molecule is Cl.ClC(Cl)c1cncs1. The fraction of sp³-hybridized carbons (Fsp3) is 0.250. The zero-order valence-corrected chi connectivity index (χ0v) is 7.40. The van der Waals surface area contributed by atoms with Crippen molar-refractivity contribution in [3.8, 4) is 0 Å². The minimum absolute atomic E-state index is 0. The van der Waals surface area contributed by atoms with Gasteiger partial charge >= 0.3 is 0 Å². The van der Waals surface area contributed by atoms with E-state index in [1.54, 1.807) is 11.7 Å². The Morgan fingerprint density at radius 1 is 1.56 bits per heavy atom. The molecule has 0 saturated carbocycles. The molecule has 0 N–H and O–H groups in total. The number of alkyl halides is 2. The van der Waals surface area contributed by atoms with Crippen LogP contribution in [0.15, 0.2) is 11.7 Å². The minimum atomic E-state index is -0.414. The number of aromatic nitrogens is 1. The number of halogens is 3. The smallest absolute Gasteiger partial charge is 0.143 e. The Morgan fingerprint density at radius 3 is 2.44 bits per heavy atom. The van der Waals surface area contributed by atoms with Crippen LogP contribution >= 0.6 is 46.9 Å². The maximum atomic E-state index is 5.48. The molecule has 0 bridgehead atoms. The van der Waals surface area contributed by atoms with Gasteiger partial charge in [-0.2, -0.15) is 0 Å². The maximum Gasteiger partial charge on any atom is 0.143 e. The van der Waals surface area contributed by atoms with Crippen molar-refractivity contribution in [1.29, 1.82) is 0 Å². The zero-order valence-electron chi connectivity index (χ0n) is 4.25. The first-order valence-electron chi connectivity index (χ1n) is 1.97. The second kappa shape index (κ2) is 4.34. The molecule has 1 aromatic rings. The molecule has 1 rings (SSSR count). The summed E-state index contributed by atoms with van der Waals surface area (Å²) in [6, 6.07) is 0. The first kappa shape index (κ1) is 9.50. The van der Waals surface area contributed by atoms with E-state index in [0.29, 0.717) is 0 Å². The van der Waals surface area contributed by atoms with E-state index < -0.39 is 4.84 Å². The third kappa shape index (κ3) is 2.72. The highest BCUT2D eigenvalue weighted by molar-refractivity contribution is 7.10. The Kier molecular flexibility index (Phi) is 4.58. The van der Waals surface area contributed by atoms with Gasteiger partial charge in [-0.15, -0.1) is 23.7 Å². The third-order valence-electron chi connectivity index (χ3n) is 0.666. The molecule has 0 spiro atoms. The molecule has 0 atom stereocenters. The van der Waals surface area contributed by atoms with Crippen LogP contribution in [-0.2, 0) is 0 Å². The van der Waals surface area contributed by atoms with Crippen molar-refractivity contribution in [3.05, 3.63) is 16.6 Å². The summed E-state index contributed by atoms with van der Waals surface area (Å²) in [7, 11) is 0. The van der Waals surface area contributed by atoms with Crippen LogP contribution in [0.3, 0.4) is 0 Å². The van der Waals surface area contributed by atoms with Crippen molar-refractivity contribution < 1.29 is 0 Å². The molecule has 1 heterocycles. The first-order chi connectivity index (χ1) is 3.80. The average molecular weight is 205 g/mol. The molecule has 52 valence electrons. The van der Waals surface area contributed by atoms with Crippen LogP contribution in [0.1, 0.15) is 9.71 Å². The molecule has 1 aromatic heterocycles. The van der Waals surface area contributed by atoms with Crippen LogP contribution in [0.4, 0.5) is 0 Å². The second-order valence-electron chi connectivity index (χ2n) is 1.20. The number of nitrogens with zero attached hydrogens (tertiary/aromatic N) is 1. The molecular weight excluding hydrogens is 200 g/mol. The van der Waals surface area contributed by atoms with E-state index in [1.165, 1.54) is 11.3 Å². The Bertz CT molecular complexity index is 151. The lowest BCUT2D eigenvalue weighted by molar-refractivity contribution is 1.34. The van der Waals surface area contributed by atoms with Crippen molar-refractivity contribution in [2.45, 2.75) is 4.84 Å². The molecule has 1 nitrogen and oxygen atoms in total. The highest BCUT2D eigenvalue weighted by atomic mass is 35.5. The van der Waals surface area contributed by atoms with Gasteiger partial charge in [-0.25, -0.2) is 0 Å². The van der Waals surface area contributed by atoms with E-state index in [0.717, 1.165) is 4.88 Å². The third-order valence-corrected chi connectivity index (χ3v) is 2.24. The molecule has 0 aliphatic carbocycles. The molecule has 0 unspecified atom stereocenters. The van der Waals surface area contributed by atoms with Gasteiger partial charge in [0.2, 0.25) is 0 Å². The largest absolute Gasteiger partial charge is 0.253 e. The molecule has 5 heteroatoms. The van der Waals surface area contributed by atoms with Crippen LogP contribution in [0, 0.1) is 0 Å². The van der Waals surface area contributed by atoms with Crippen LogP contribution in [0.2, 0.25) is 0 Å². The highest BCUT2D eigenvalue weighted by Crippen LogP contribution is 2.26. The van der Waals surface area contributed by atoms with Crippen molar-refractivity contribution in [2.24, 2.45) is 0 Å². The lowest BCUT2D eigenvalue weighted by atomic mass is 10.6. The lowest BCUT2D eigenvalue weighted by Gasteiger charge is -1.88. The summed E-state index contributed by atoms with van der Waals surface area (Å²) in [5.74, 6) is 0. The molecule has 0 radical (unpaired) electrons. The quantitative estimate of drug-likeness (QED) is 0.641. The number of hydrogen-bond donors (Lipinski definition) is 0. The predicted molar refractivity (Wildman–Crippen MR) is 43.8 cm³/mol. The molecule has 0 fully saturated rings. The molecule has 9 heavy (non-hydrogen) atoms. The molecule has 0 saturated heterocycles. The van der Waals surface area contributed by atoms with Crippen LogP contribution in [-0.4, -0.2) is 4.98 Å². The molecule has 0 aromatic carbocycles. The fourth-order valence-corrected chi connectivity index (χ4v) is 1.22. The normalized spacial score (nSPS) is 9.22. The van der Waals surface area contributed by atoms with Gasteiger partial charge in [0.1, 0.15) is 4.84 Å². The molecule has 0 amide bonds. The number of hydrogen-bond acceptors (Lipinski definition) is 2. The fourth-order valence-electron chi connectivity index (χ4n) is 0.333. The minimum Gasteiger partial charge on any atom is -0.253 e. The van der Waals surface area contributed by atoms with Gasteiger partial charge in [0, 0.05) is 6.20 Å². The summed E-state index contributed by atoms with van der Waals surface area (Å²) >= 11 is 12.4. The Balaban J connectivity index is 0.000000640. The van der Waals surface area contributed by atoms with Gasteiger partial charge in [0.05, 0.1) is 10.4 Å². The summed E-state index contributed by atoms with van der Waals surface area (Å²) in [5, 5.41) is 0.